The first-order valence-corrected chi connectivity index (χ1v) is 7.02. The number of nitrogens with one attached hydrogen (secondary N) is 2. The highest BCUT2D eigenvalue weighted by atomic mass is 16.1. The molecule has 1 aromatic carbocycles. The predicted molar refractivity (Wildman–Crippen MR) is 88.3 cm³/mol. The average Bonchev–Trinajstić information content (AvgIpc) is 2.53. The van der Waals surface area contributed by atoms with Crippen LogP contribution in [0.15, 0.2) is 41.3 Å². The van der Waals surface area contributed by atoms with Crippen molar-refractivity contribution in [2.24, 2.45) is 0 Å². The van der Waals surface area contributed by atoms with Crippen LogP contribution < -0.4 is 16.6 Å². The Labute approximate surface area is 131 Å². The van der Waals surface area contributed by atoms with E-state index in [1.54, 1.807) is 24.4 Å². The maximum atomic E-state index is 11.8. The number of benzene rings is 1. The van der Waals surface area contributed by atoms with Gasteiger partial charge in [-0.1, -0.05) is 0 Å². The Morgan fingerprint density at radius 1 is 1.30 bits per heavy atom. The van der Waals surface area contributed by atoms with Crippen molar-refractivity contribution < 1.29 is 4.79 Å². The number of pyridine rings is 1. The second-order valence-corrected chi connectivity index (χ2v) is 5.14. The first kappa shape index (κ1) is 14.7. The van der Waals surface area contributed by atoms with Gasteiger partial charge in [-0.3, -0.25) is 14.6 Å². The van der Waals surface area contributed by atoms with Crippen molar-refractivity contribution >= 4 is 28.3 Å². The summed E-state index contributed by atoms with van der Waals surface area (Å²) in [6, 6.07) is 8.72. The number of aromatic amines is 1. The highest BCUT2D eigenvalue weighted by Crippen LogP contribution is 2.12. The molecule has 0 bridgehead atoms. The molecule has 0 radical (unpaired) electrons. The van der Waals surface area contributed by atoms with Crippen LogP contribution >= 0.6 is 0 Å². The molecule has 0 aliphatic rings. The van der Waals surface area contributed by atoms with Crippen LogP contribution in [0, 0.1) is 0 Å². The molecular weight excluding hydrogens is 294 g/mol. The lowest BCUT2D eigenvalue weighted by Gasteiger charge is -2.07. The van der Waals surface area contributed by atoms with E-state index in [1.807, 2.05) is 12.1 Å². The first-order valence-electron chi connectivity index (χ1n) is 7.02. The van der Waals surface area contributed by atoms with Crippen LogP contribution in [0.1, 0.15) is 23.0 Å². The van der Waals surface area contributed by atoms with Gasteiger partial charge < -0.3 is 16.0 Å². The standard InChI is InChI=1S/C16H15N5O2/c1-9(22)10-2-4-11(5-3-10)18-7-12-8-19-13-6-14(17)21-16(23)15(13)20-12/h2-6,8,18H,7H2,1H3,(H3,17,21,23). The van der Waals surface area contributed by atoms with Crippen molar-refractivity contribution in [1.29, 1.82) is 0 Å². The Morgan fingerprint density at radius 2 is 2.04 bits per heavy atom. The van der Waals surface area contributed by atoms with Crippen LogP contribution in [0.5, 0.6) is 0 Å². The smallest absolute Gasteiger partial charge is 0.277 e. The van der Waals surface area contributed by atoms with Crippen molar-refractivity contribution in [3.05, 3.63) is 58.1 Å². The molecule has 3 aromatic rings. The molecule has 0 spiro atoms. The minimum absolute atomic E-state index is 0.0236. The maximum Gasteiger partial charge on any atom is 0.277 e. The first-order chi connectivity index (χ1) is 11.0. The summed E-state index contributed by atoms with van der Waals surface area (Å²) in [5.41, 5.74) is 8.06. The zero-order valence-electron chi connectivity index (χ0n) is 12.5. The van der Waals surface area contributed by atoms with Crippen molar-refractivity contribution in [3.8, 4) is 0 Å². The third kappa shape index (κ3) is 3.18. The highest BCUT2D eigenvalue weighted by Gasteiger charge is 2.05. The second-order valence-electron chi connectivity index (χ2n) is 5.14. The molecule has 2 heterocycles. The van der Waals surface area contributed by atoms with Gasteiger partial charge in [0.1, 0.15) is 5.82 Å². The normalized spacial score (nSPS) is 10.7. The number of ketones is 1. The summed E-state index contributed by atoms with van der Waals surface area (Å²) >= 11 is 0. The fraction of sp³-hybridized carbons (Fsp3) is 0.125. The third-order valence-corrected chi connectivity index (χ3v) is 3.38. The van der Waals surface area contributed by atoms with E-state index in [4.69, 9.17) is 5.73 Å². The number of rotatable bonds is 4. The zero-order chi connectivity index (χ0) is 16.4. The minimum Gasteiger partial charge on any atom is -0.385 e. The fourth-order valence-corrected chi connectivity index (χ4v) is 2.18. The molecule has 0 unspecified atom stereocenters. The van der Waals surface area contributed by atoms with Crippen LogP contribution in [-0.2, 0) is 6.54 Å². The number of nitrogens with two attached hydrogens (primary N) is 1. The summed E-state index contributed by atoms with van der Waals surface area (Å²) in [7, 11) is 0. The van der Waals surface area contributed by atoms with Gasteiger partial charge >= 0.3 is 0 Å². The summed E-state index contributed by atoms with van der Waals surface area (Å²) < 4.78 is 0. The lowest BCUT2D eigenvalue weighted by Crippen LogP contribution is -2.13. The number of hydrogen-bond acceptors (Lipinski definition) is 6. The summed E-state index contributed by atoms with van der Waals surface area (Å²) in [6.07, 6.45) is 1.60. The molecule has 2 aromatic heterocycles. The molecule has 0 saturated carbocycles. The molecule has 0 saturated heterocycles. The Hall–Kier alpha value is -3.22. The Kier molecular flexibility index (Phi) is 3.76. The van der Waals surface area contributed by atoms with Crippen LogP contribution in [0.4, 0.5) is 11.5 Å². The minimum atomic E-state index is -0.361. The molecule has 7 nitrogen and oxygen atoms in total. The Morgan fingerprint density at radius 3 is 2.74 bits per heavy atom. The molecule has 4 N–H and O–H groups in total. The fourth-order valence-electron chi connectivity index (χ4n) is 2.18. The van der Waals surface area contributed by atoms with E-state index in [9.17, 15) is 9.59 Å². The van der Waals surface area contributed by atoms with Gasteiger partial charge in [0.2, 0.25) is 0 Å². The molecule has 7 heteroatoms. The number of anilines is 2. The van der Waals surface area contributed by atoms with Gasteiger partial charge in [0, 0.05) is 17.3 Å². The average molecular weight is 309 g/mol. The predicted octanol–water partition coefficient (Wildman–Crippen LogP) is 1.71. The quantitative estimate of drug-likeness (QED) is 0.632. The van der Waals surface area contributed by atoms with Crippen LogP contribution in [0.25, 0.3) is 11.0 Å². The molecular formula is C16H15N5O2. The van der Waals surface area contributed by atoms with Crippen LogP contribution in [0.3, 0.4) is 0 Å². The molecule has 0 aliphatic heterocycles. The monoisotopic (exact) mass is 309 g/mol. The third-order valence-electron chi connectivity index (χ3n) is 3.38. The Balaban J connectivity index is 1.79. The van der Waals surface area contributed by atoms with Gasteiger partial charge in [-0.2, -0.15) is 0 Å². The largest absolute Gasteiger partial charge is 0.385 e. The van der Waals surface area contributed by atoms with Crippen LogP contribution in [0.2, 0.25) is 0 Å². The van der Waals surface area contributed by atoms with E-state index in [0.717, 1.165) is 5.69 Å². The molecule has 23 heavy (non-hydrogen) atoms. The second kappa shape index (κ2) is 5.88. The number of carbonyl (C=O) groups is 1. The van der Waals surface area contributed by atoms with E-state index in [-0.39, 0.29) is 22.7 Å². The molecule has 3 rings (SSSR count). The number of hydrogen-bond donors (Lipinski definition) is 3. The number of fused-ring (bicyclic) bond motifs is 1. The number of carbonyl (C=O) groups excluding carboxylic acids is 1. The summed E-state index contributed by atoms with van der Waals surface area (Å²) in [6.45, 7) is 1.93. The Bertz CT molecular complexity index is 931. The van der Waals surface area contributed by atoms with E-state index in [2.05, 4.69) is 20.3 Å². The lowest BCUT2D eigenvalue weighted by atomic mass is 10.1. The van der Waals surface area contributed by atoms with E-state index in [1.165, 1.54) is 6.92 Å². The molecule has 0 amide bonds. The van der Waals surface area contributed by atoms with Gasteiger partial charge in [0.15, 0.2) is 11.3 Å². The lowest BCUT2D eigenvalue weighted by molar-refractivity contribution is 0.101. The van der Waals surface area contributed by atoms with Crippen molar-refractivity contribution in [3.63, 3.8) is 0 Å². The van der Waals surface area contributed by atoms with Gasteiger partial charge in [-0.15, -0.1) is 0 Å². The SMILES string of the molecule is CC(=O)c1ccc(NCc2cnc3cc(N)[nH]c(=O)c3n2)cc1. The molecule has 0 aliphatic carbocycles. The zero-order valence-corrected chi connectivity index (χ0v) is 12.5. The van der Waals surface area contributed by atoms with Crippen molar-refractivity contribution in [1.82, 2.24) is 15.0 Å². The maximum absolute atomic E-state index is 11.8. The number of aromatic nitrogens is 3. The summed E-state index contributed by atoms with van der Waals surface area (Å²) in [4.78, 5) is 34.1. The number of nitrogen functional groups attached to an aromatic ring is 1. The number of H-pyrrole nitrogens is 1. The topological polar surface area (TPSA) is 114 Å². The molecule has 0 atom stereocenters. The van der Waals surface area contributed by atoms with E-state index >= 15 is 0 Å². The van der Waals surface area contributed by atoms with E-state index in [0.29, 0.717) is 23.3 Å². The van der Waals surface area contributed by atoms with Gasteiger partial charge in [-0.25, -0.2) is 4.98 Å². The summed E-state index contributed by atoms with van der Waals surface area (Å²) in [5.74, 6) is 0.281. The van der Waals surface area contributed by atoms with Gasteiger partial charge in [0.25, 0.3) is 5.56 Å². The summed E-state index contributed by atoms with van der Waals surface area (Å²) in [5, 5.41) is 3.17. The molecule has 0 fully saturated rings. The highest BCUT2D eigenvalue weighted by molar-refractivity contribution is 5.94. The van der Waals surface area contributed by atoms with E-state index < -0.39 is 0 Å². The van der Waals surface area contributed by atoms with Crippen molar-refractivity contribution in [2.75, 3.05) is 11.1 Å². The van der Waals surface area contributed by atoms with Crippen molar-refractivity contribution in [2.45, 2.75) is 13.5 Å². The van der Waals surface area contributed by atoms with Gasteiger partial charge in [0.05, 0.1) is 24.0 Å². The van der Waals surface area contributed by atoms with Crippen LogP contribution in [-0.4, -0.2) is 20.7 Å². The number of Topliss-reactive ketones (excluding diaryl/α,β-unsaturated/α-hetero) is 1. The molecule has 116 valence electrons. The van der Waals surface area contributed by atoms with Gasteiger partial charge in [-0.05, 0) is 31.2 Å². The number of nitrogens with zero attached hydrogens (tertiary/aromatic N) is 2.